The van der Waals surface area contributed by atoms with E-state index in [1.54, 1.807) is 7.05 Å². The quantitative estimate of drug-likeness (QED) is 0.707. The zero-order valence-corrected chi connectivity index (χ0v) is 10.4. The highest BCUT2D eigenvalue weighted by atomic mass is 19.1. The monoisotopic (exact) mass is 242 g/mol. The predicted octanol–water partition coefficient (Wildman–Crippen LogP) is 1.62. The first kappa shape index (κ1) is 13.6. The van der Waals surface area contributed by atoms with Crippen LogP contribution in [0.3, 0.4) is 0 Å². The van der Waals surface area contributed by atoms with E-state index in [0.29, 0.717) is 18.8 Å². The molecule has 0 bridgehead atoms. The van der Waals surface area contributed by atoms with Crippen LogP contribution >= 0.6 is 0 Å². The van der Waals surface area contributed by atoms with E-state index in [9.17, 15) is 9.50 Å². The Morgan fingerprint density at radius 3 is 2.53 bits per heavy atom. The van der Waals surface area contributed by atoms with Crippen LogP contribution in [0.15, 0.2) is 6.20 Å². The number of hydrogen-bond acceptors (Lipinski definition) is 5. The number of hydrogen-bond donors (Lipinski definition) is 3. The Morgan fingerprint density at radius 2 is 2.06 bits per heavy atom. The van der Waals surface area contributed by atoms with Gasteiger partial charge in [-0.25, -0.2) is 9.37 Å². The fourth-order valence-corrected chi connectivity index (χ4v) is 1.52. The van der Waals surface area contributed by atoms with Gasteiger partial charge in [-0.3, -0.25) is 0 Å². The van der Waals surface area contributed by atoms with Crippen molar-refractivity contribution in [3.63, 3.8) is 0 Å². The highest BCUT2D eigenvalue weighted by Gasteiger charge is 2.26. The summed E-state index contributed by atoms with van der Waals surface area (Å²) in [5, 5.41) is 15.1. The summed E-state index contributed by atoms with van der Waals surface area (Å²) in [5.74, 6) is -0.0706. The molecule has 0 atom stereocenters. The Labute approximate surface area is 100 Å². The molecule has 96 valence electrons. The third kappa shape index (κ3) is 3.03. The van der Waals surface area contributed by atoms with Gasteiger partial charge in [0.1, 0.15) is 0 Å². The number of halogens is 1. The van der Waals surface area contributed by atoms with Gasteiger partial charge in [0.25, 0.3) is 0 Å². The highest BCUT2D eigenvalue weighted by Crippen LogP contribution is 2.22. The van der Waals surface area contributed by atoms with Crippen LogP contribution in [0.1, 0.15) is 26.7 Å². The van der Waals surface area contributed by atoms with Crippen molar-refractivity contribution in [3.8, 4) is 0 Å². The number of nitrogens with zero attached hydrogens (tertiary/aromatic N) is 2. The molecule has 1 heterocycles. The van der Waals surface area contributed by atoms with Crippen molar-refractivity contribution in [1.29, 1.82) is 0 Å². The number of anilines is 2. The second kappa shape index (κ2) is 5.77. The first-order valence-electron chi connectivity index (χ1n) is 5.70. The van der Waals surface area contributed by atoms with Crippen LogP contribution in [0.4, 0.5) is 16.2 Å². The van der Waals surface area contributed by atoms with Gasteiger partial charge in [-0.15, -0.1) is 0 Å². The van der Waals surface area contributed by atoms with Gasteiger partial charge < -0.3 is 15.7 Å². The molecule has 0 aliphatic carbocycles. The number of rotatable bonds is 6. The molecule has 3 N–H and O–H groups in total. The average molecular weight is 242 g/mol. The van der Waals surface area contributed by atoms with Gasteiger partial charge in [0.15, 0.2) is 11.6 Å². The molecule has 0 fully saturated rings. The summed E-state index contributed by atoms with van der Waals surface area (Å²) in [4.78, 5) is 7.77. The lowest BCUT2D eigenvalue weighted by atomic mass is 9.94. The molecule has 0 aliphatic rings. The standard InChI is InChI=1S/C11H19FN4O/c1-4-11(5-2,7-17)16-9-8(12)6-14-10(13-3)15-9/h6,17H,4-5,7H2,1-3H3,(H2,13,14,15,16). The van der Waals surface area contributed by atoms with E-state index in [0.717, 1.165) is 6.20 Å². The lowest BCUT2D eigenvalue weighted by Crippen LogP contribution is -2.41. The fraction of sp³-hybridized carbons (Fsp3) is 0.636. The van der Waals surface area contributed by atoms with Gasteiger partial charge in [-0.2, -0.15) is 4.98 Å². The second-order valence-corrected chi connectivity index (χ2v) is 3.91. The summed E-state index contributed by atoms with van der Waals surface area (Å²) in [6.07, 6.45) is 2.46. The van der Waals surface area contributed by atoms with Crippen LogP contribution in [0.25, 0.3) is 0 Å². The van der Waals surface area contributed by atoms with Crippen molar-refractivity contribution < 1.29 is 9.50 Å². The van der Waals surface area contributed by atoms with Crippen LogP contribution in [0.2, 0.25) is 0 Å². The van der Waals surface area contributed by atoms with E-state index in [1.165, 1.54) is 0 Å². The SMILES string of the molecule is CCC(CC)(CO)Nc1nc(NC)ncc1F. The van der Waals surface area contributed by atoms with E-state index < -0.39 is 11.4 Å². The van der Waals surface area contributed by atoms with Crippen molar-refractivity contribution in [2.75, 3.05) is 24.3 Å². The van der Waals surface area contributed by atoms with E-state index in [1.807, 2.05) is 13.8 Å². The maximum absolute atomic E-state index is 13.5. The van der Waals surface area contributed by atoms with Crippen molar-refractivity contribution >= 4 is 11.8 Å². The third-order valence-electron chi connectivity index (χ3n) is 3.01. The van der Waals surface area contributed by atoms with E-state index in [-0.39, 0.29) is 12.4 Å². The van der Waals surface area contributed by atoms with E-state index >= 15 is 0 Å². The molecular formula is C11H19FN4O. The van der Waals surface area contributed by atoms with Crippen LogP contribution < -0.4 is 10.6 Å². The second-order valence-electron chi connectivity index (χ2n) is 3.91. The summed E-state index contributed by atoms with van der Waals surface area (Å²) in [6.45, 7) is 3.80. The van der Waals surface area contributed by atoms with Crippen LogP contribution in [-0.2, 0) is 0 Å². The zero-order chi connectivity index (χ0) is 12.9. The van der Waals surface area contributed by atoms with E-state index in [2.05, 4.69) is 20.6 Å². The van der Waals surface area contributed by atoms with Gasteiger partial charge in [0, 0.05) is 7.05 Å². The minimum atomic E-state index is -0.541. The molecular weight excluding hydrogens is 223 g/mol. The lowest BCUT2D eigenvalue weighted by Gasteiger charge is -2.31. The molecule has 0 amide bonds. The summed E-state index contributed by atoms with van der Waals surface area (Å²) in [7, 11) is 1.66. The zero-order valence-electron chi connectivity index (χ0n) is 10.4. The maximum atomic E-state index is 13.5. The molecule has 0 spiro atoms. The number of aliphatic hydroxyl groups is 1. The molecule has 6 heteroatoms. The van der Waals surface area contributed by atoms with Crippen molar-refractivity contribution in [3.05, 3.63) is 12.0 Å². The highest BCUT2D eigenvalue weighted by molar-refractivity contribution is 5.43. The Balaban J connectivity index is 2.99. The minimum absolute atomic E-state index is 0.0711. The molecule has 1 aromatic rings. The summed E-state index contributed by atoms with van der Waals surface area (Å²) in [5.41, 5.74) is -0.541. The van der Waals surface area contributed by atoms with Crippen molar-refractivity contribution in [1.82, 2.24) is 9.97 Å². The van der Waals surface area contributed by atoms with Crippen LogP contribution in [0.5, 0.6) is 0 Å². The van der Waals surface area contributed by atoms with Crippen LogP contribution in [-0.4, -0.2) is 34.3 Å². The fourth-order valence-electron chi connectivity index (χ4n) is 1.52. The number of nitrogens with one attached hydrogen (secondary N) is 2. The van der Waals surface area contributed by atoms with Gasteiger partial charge in [-0.05, 0) is 12.8 Å². The Hall–Kier alpha value is -1.43. The summed E-state index contributed by atoms with van der Waals surface area (Å²) >= 11 is 0. The van der Waals surface area contributed by atoms with E-state index in [4.69, 9.17) is 0 Å². The Bertz CT molecular complexity index is 360. The molecule has 1 aromatic heterocycles. The number of aliphatic hydroxyl groups excluding tert-OH is 1. The van der Waals surface area contributed by atoms with Gasteiger partial charge in [0.2, 0.25) is 5.95 Å². The maximum Gasteiger partial charge on any atom is 0.224 e. The lowest BCUT2D eigenvalue weighted by molar-refractivity contribution is 0.201. The smallest absolute Gasteiger partial charge is 0.224 e. The molecule has 0 unspecified atom stereocenters. The first-order valence-corrected chi connectivity index (χ1v) is 5.70. The Morgan fingerprint density at radius 1 is 1.41 bits per heavy atom. The Kier molecular flexibility index (Phi) is 4.62. The van der Waals surface area contributed by atoms with Gasteiger partial charge >= 0.3 is 0 Å². The number of aromatic nitrogens is 2. The largest absolute Gasteiger partial charge is 0.394 e. The third-order valence-corrected chi connectivity index (χ3v) is 3.01. The predicted molar refractivity (Wildman–Crippen MR) is 65.6 cm³/mol. The molecule has 1 rings (SSSR count). The normalized spacial score (nSPS) is 11.4. The molecule has 0 saturated carbocycles. The molecule has 0 aliphatic heterocycles. The topological polar surface area (TPSA) is 70.1 Å². The average Bonchev–Trinajstić information content (AvgIpc) is 2.38. The van der Waals surface area contributed by atoms with Crippen molar-refractivity contribution in [2.24, 2.45) is 0 Å². The first-order chi connectivity index (χ1) is 8.10. The van der Waals surface area contributed by atoms with Gasteiger partial charge in [0.05, 0.1) is 18.3 Å². The molecule has 17 heavy (non-hydrogen) atoms. The summed E-state index contributed by atoms with van der Waals surface area (Å²) < 4.78 is 13.5. The molecule has 0 saturated heterocycles. The van der Waals surface area contributed by atoms with Crippen molar-refractivity contribution in [2.45, 2.75) is 32.2 Å². The molecule has 0 radical (unpaired) electrons. The van der Waals surface area contributed by atoms with Crippen LogP contribution in [0, 0.1) is 5.82 Å². The minimum Gasteiger partial charge on any atom is -0.394 e. The summed E-state index contributed by atoms with van der Waals surface area (Å²) in [6, 6.07) is 0. The molecule has 5 nitrogen and oxygen atoms in total. The van der Waals surface area contributed by atoms with Gasteiger partial charge in [-0.1, -0.05) is 13.8 Å². The molecule has 0 aromatic carbocycles.